The summed E-state index contributed by atoms with van der Waals surface area (Å²) in [6.07, 6.45) is 1.85. The van der Waals surface area contributed by atoms with E-state index in [1.54, 1.807) is 23.1 Å². The molecule has 0 aliphatic heterocycles. The maximum absolute atomic E-state index is 13.9. The van der Waals surface area contributed by atoms with Crippen LogP contribution in [0.4, 0.5) is 5.69 Å². The lowest BCUT2D eigenvalue weighted by molar-refractivity contribution is -0.141. The second kappa shape index (κ2) is 15.2. The molecule has 0 aliphatic rings. The lowest BCUT2D eigenvalue weighted by Crippen LogP contribution is -2.51. The zero-order chi connectivity index (χ0) is 30.9. The van der Waals surface area contributed by atoms with Crippen molar-refractivity contribution in [3.8, 4) is 0 Å². The summed E-state index contributed by atoms with van der Waals surface area (Å²) < 4.78 is 26.8. The van der Waals surface area contributed by atoms with E-state index in [2.05, 4.69) is 5.32 Å². The van der Waals surface area contributed by atoms with E-state index >= 15 is 0 Å². The highest BCUT2D eigenvalue weighted by Gasteiger charge is 2.30. The maximum Gasteiger partial charge on any atom is 0.243 e. The van der Waals surface area contributed by atoms with E-state index in [4.69, 9.17) is 11.6 Å². The van der Waals surface area contributed by atoms with E-state index in [0.29, 0.717) is 23.7 Å². The molecule has 3 aromatic rings. The molecule has 0 radical (unpaired) electrons. The Labute approximate surface area is 255 Å². The molecule has 0 heterocycles. The quantitative estimate of drug-likeness (QED) is 0.245. The minimum atomic E-state index is -3.63. The van der Waals surface area contributed by atoms with Crippen molar-refractivity contribution in [2.45, 2.75) is 59.5 Å². The van der Waals surface area contributed by atoms with Crippen LogP contribution in [0, 0.1) is 19.8 Å². The van der Waals surface area contributed by atoms with Gasteiger partial charge in [-0.05, 0) is 55.0 Å². The van der Waals surface area contributed by atoms with Gasteiger partial charge in [-0.2, -0.15) is 0 Å². The summed E-state index contributed by atoms with van der Waals surface area (Å²) in [6, 6.07) is 21.9. The van der Waals surface area contributed by atoms with E-state index in [9.17, 15) is 18.0 Å². The van der Waals surface area contributed by atoms with Crippen molar-refractivity contribution in [1.82, 2.24) is 10.2 Å². The molecule has 9 heteroatoms. The number of rotatable bonds is 14. The number of carbonyl (C=O) groups is 2. The van der Waals surface area contributed by atoms with Crippen molar-refractivity contribution >= 4 is 39.1 Å². The number of aryl methyl sites for hydroxylation is 2. The predicted octanol–water partition coefficient (Wildman–Crippen LogP) is 5.92. The Bertz CT molecular complexity index is 1440. The van der Waals surface area contributed by atoms with Crippen LogP contribution in [0.5, 0.6) is 0 Å². The first-order valence-corrected chi connectivity index (χ1v) is 16.5. The molecule has 0 saturated carbocycles. The highest BCUT2D eigenvalue weighted by Crippen LogP contribution is 2.27. The molecule has 226 valence electrons. The summed E-state index contributed by atoms with van der Waals surface area (Å²) in [5.41, 5.74) is 4.22. The van der Waals surface area contributed by atoms with E-state index in [-0.39, 0.29) is 43.7 Å². The fourth-order valence-electron chi connectivity index (χ4n) is 4.70. The molecule has 0 aromatic heterocycles. The van der Waals surface area contributed by atoms with E-state index in [0.717, 1.165) is 28.5 Å². The lowest BCUT2D eigenvalue weighted by Gasteiger charge is -2.32. The zero-order valence-corrected chi connectivity index (χ0v) is 26.7. The average molecular weight is 612 g/mol. The van der Waals surface area contributed by atoms with Crippen LogP contribution in [0.2, 0.25) is 5.02 Å². The van der Waals surface area contributed by atoms with Gasteiger partial charge in [-0.15, -0.1) is 0 Å². The van der Waals surface area contributed by atoms with Crippen molar-refractivity contribution in [1.29, 1.82) is 0 Å². The van der Waals surface area contributed by atoms with Crippen molar-refractivity contribution in [3.63, 3.8) is 0 Å². The van der Waals surface area contributed by atoms with E-state index in [1.807, 2.05) is 82.3 Å². The zero-order valence-electron chi connectivity index (χ0n) is 25.1. The third-order valence-corrected chi connectivity index (χ3v) is 8.44. The van der Waals surface area contributed by atoms with E-state index < -0.39 is 16.1 Å². The topological polar surface area (TPSA) is 86.8 Å². The van der Waals surface area contributed by atoms with Gasteiger partial charge >= 0.3 is 0 Å². The highest BCUT2D eigenvalue weighted by atomic mass is 35.5. The number of halogens is 1. The fraction of sp³-hybridized carbons (Fsp3) is 0.394. The molecular formula is C33H42ClN3O4S. The van der Waals surface area contributed by atoms with Gasteiger partial charge in [0.25, 0.3) is 0 Å². The summed E-state index contributed by atoms with van der Waals surface area (Å²) in [5.74, 6) is -0.169. The number of benzene rings is 3. The van der Waals surface area contributed by atoms with Gasteiger partial charge in [-0.1, -0.05) is 91.7 Å². The minimum Gasteiger partial charge on any atom is -0.354 e. The number of nitrogens with one attached hydrogen (secondary N) is 1. The summed E-state index contributed by atoms with van der Waals surface area (Å²) in [6.45, 7) is 8.73. The Morgan fingerprint density at radius 2 is 1.60 bits per heavy atom. The number of carbonyl (C=O) groups excluding carboxylic acids is 2. The molecule has 2 amide bonds. The second-order valence-corrected chi connectivity index (χ2v) is 13.6. The number of anilines is 1. The molecule has 3 rings (SSSR count). The predicted molar refractivity (Wildman–Crippen MR) is 171 cm³/mol. The van der Waals surface area contributed by atoms with Gasteiger partial charge in [0.2, 0.25) is 21.8 Å². The van der Waals surface area contributed by atoms with Gasteiger partial charge in [0.05, 0.1) is 11.9 Å². The minimum absolute atomic E-state index is 0.0697. The molecule has 0 spiro atoms. The van der Waals surface area contributed by atoms with Gasteiger partial charge in [-0.25, -0.2) is 8.42 Å². The number of nitrogens with zero attached hydrogens (tertiary/aromatic N) is 2. The molecule has 3 aromatic carbocycles. The molecular weight excluding hydrogens is 570 g/mol. The van der Waals surface area contributed by atoms with Crippen LogP contribution in [0.15, 0.2) is 72.8 Å². The molecule has 1 N–H and O–H groups in total. The largest absolute Gasteiger partial charge is 0.354 e. The fourth-order valence-corrected chi connectivity index (χ4v) is 5.88. The van der Waals surface area contributed by atoms with Gasteiger partial charge in [-0.3, -0.25) is 13.9 Å². The van der Waals surface area contributed by atoms with Crippen LogP contribution in [-0.2, 0) is 32.6 Å². The summed E-state index contributed by atoms with van der Waals surface area (Å²) in [5, 5.41) is 3.46. The molecule has 7 nitrogen and oxygen atoms in total. The molecule has 0 aliphatic carbocycles. The Balaban J connectivity index is 1.89. The maximum atomic E-state index is 13.9. The first-order chi connectivity index (χ1) is 19.8. The van der Waals surface area contributed by atoms with Crippen LogP contribution < -0.4 is 9.62 Å². The van der Waals surface area contributed by atoms with Crippen molar-refractivity contribution in [2.24, 2.45) is 5.92 Å². The van der Waals surface area contributed by atoms with Gasteiger partial charge < -0.3 is 10.2 Å². The second-order valence-electron chi connectivity index (χ2n) is 11.2. The number of sulfonamides is 1. The molecule has 0 saturated heterocycles. The first kappa shape index (κ1) is 33.1. The van der Waals surface area contributed by atoms with Crippen molar-refractivity contribution in [3.05, 3.63) is 100 Å². The smallest absolute Gasteiger partial charge is 0.243 e. The molecule has 0 fully saturated rings. The van der Waals surface area contributed by atoms with Crippen LogP contribution in [0.25, 0.3) is 0 Å². The molecule has 0 bridgehead atoms. The molecule has 1 unspecified atom stereocenters. The lowest BCUT2D eigenvalue weighted by atomic mass is 10.0. The van der Waals surface area contributed by atoms with Gasteiger partial charge in [0.1, 0.15) is 6.04 Å². The Hall–Kier alpha value is -3.36. The highest BCUT2D eigenvalue weighted by molar-refractivity contribution is 7.92. The van der Waals surface area contributed by atoms with Crippen LogP contribution in [0.3, 0.4) is 0 Å². The van der Waals surface area contributed by atoms with Crippen LogP contribution in [0.1, 0.15) is 48.9 Å². The third kappa shape index (κ3) is 9.88. The van der Waals surface area contributed by atoms with E-state index in [1.165, 1.54) is 4.31 Å². The Kier molecular flexibility index (Phi) is 12.0. The molecule has 1 atom stereocenters. The van der Waals surface area contributed by atoms with Gasteiger partial charge in [0.15, 0.2) is 0 Å². The van der Waals surface area contributed by atoms with Crippen molar-refractivity contribution in [2.75, 3.05) is 23.7 Å². The summed E-state index contributed by atoms with van der Waals surface area (Å²) in [7, 11) is -3.63. The Morgan fingerprint density at radius 1 is 0.929 bits per heavy atom. The summed E-state index contributed by atoms with van der Waals surface area (Å²) >= 11 is 6.18. The monoisotopic (exact) mass is 611 g/mol. The molecule has 42 heavy (non-hydrogen) atoms. The van der Waals surface area contributed by atoms with Gasteiger partial charge in [0, 0.05) is 37.5 Å². The number of hydrogen-bond donors (Lipinski definition) is 1. The normalized spacial score (nSPS) is 12.2. The Morgan fingerprint density at radius 3 is 2.21 bits per heavy atom. The van der Waals surface area contributed by atoms with Crippen LogP contribution >= 0.6 is 11.6 Å². The SMILES string of the molecule is Cc1ccc(CN(C(=O)CCCN(c2cc(Cl)ccc2C)S(C)(=O)=O)C(Cc2ccccc2)C(=O)NCC(C)C)cc1. The summed E-state index contributed by atoms with van der Waals surface area (Å²) in [4.78, 5) is 29.2. The standard InChI is InChI=1S/C33H42ClN3O4S/c1-24(2)22-35-33(39)31(20-27-10-7-6-8-11-27)36(23-28-16-13-25(3)14-17-28)32(38)12-9-19-37(42(5,40)41)30-21-29(34)18-15-26(30)4/h6-8,10-11,13-18,21,24,31H,9,12,19-20,22-23H2,1-5H3,(H,35,39). The first-order valence-electron chi connectivity index (χ1n) is 14.3. The van der Waals surface area contributed by atoms with Crippen molar-refractivity contribution < 1.29 is 18.0 Å². The number of amides is 2. The third-order valence-electron chi connectivity index (χ3n) is 7.02. The van der Waals surface area contributed by atoms with Crippen LogP contribution in [-0.4, -0.2) is 50.5 Å². The average Bonchev–Trinajstić information content (AvgIpc) is 2.94. The number of hydrogen-bond acceptors (Lipinski definition) is 4.